The number of aliphatic hydroxyl groups excluding tert-OH is 1. The molecule has 0 saturated carbocycles. The van der Waals surface area contributed by atoms with Crippen molar-refractivity contribution in [2.75, 3.05) is 42.9 Å². The summed E-state index contributed by atoms with van der Waals surface area (Å²) >= 11 is 5.86. The highest BCUT2D eigenvalue weighted by atomic mass is 35.5. The maximum Gasteiger partial charge on any atom is 0.430 e. The standard InChI is InChI=1S/C22H27ClN6O4/c1-14-11-15(2)25-21(24-14)28-9-7-27(8-10-28)20(31)19-12-18(30)13-29(19)33-22(32)26-17-5-3-16(23)4-6-17/h3-6,11,18-19,30H,7-10,12-13H2,1-2H3,(H,26,32)/t18-,19-/m1/s1. The molecule has 0 radical (unpaired) electrons. The van der Waals surface area contributed by atoms with E-state index in [1.54, 1.807) is 29.2 Å². The van der Waals surface area contributed by atoms with Gasteiger partial charge in [-0.1, -0.05) is 11.6 Å². The number of rotatable bonds is 4. The van der Waals surface area contributed by atoms with E-state index in [0.29, 0.717) is 42.8 Å². The van der Waals surface area contributed by atoms with E-state index in [1.165, 1.54) is 5.06 Å². The largest absolute Gasteiger partial charge is 0.430 e. The molecule has 11 heteroatoms. The van der Waals surface area contributed by atoms with Crippen molar-refractivity contribution in [2.45, 2.75) is 32.4 Å². The van der Waals surface area contributed by atoms with Crippen molar-refractivity contribution in [1.29, 1.82) is 0 Å². The number of hydroxylamine groups is 2. The van der Waals surface area contributed by atoms with Gasteiger partial charge in [0.15, 0.2) is 0 Å². The topological polar surface area (TPSA) is 111 Å². The molecule has 1 aromatic carbocycles. The molecule has 2 amide bonds. The first kappa shape index (κ1) is 23.2. The van der Waals surface area contributed by atoms with E-state index in [-0.39, 0.29) is 18.9 Å². The molecular formula is C22H27ClN6O4. The number of β-amino-alcohol motifs (C(OH)–C–C–N with tert-alkyl or cyclic N) is 1. The summed E-state index contributed by atoms with van der Waals surface area (Å²) in [6.07, 6.45) is -1.29. The Kier molecular flexibility index (Phi) is 6.96. The minimum Gasteiger partial charge on any atom is -0.392 e. The molecule has 4 rings (SSSR count). The summed E-state index contributed by atoms with van der Waals surface area (Å²) in [7, 11) is 0. The highest BCUT2D eigenvalue weighted by Crippen LogP contribution is 2.23. The number of carbonyl (C=O) groups is 2. The molecule has 2 aliphatic heterocycles. The van der Waals surface area contributed by atoms with E-state index < -0.39 is 18.2 Å². The van der Waals surface area contributed by atoms with Crippen molar-refractivity contribution >= 4 is 35.2 Å². The monoisotopic (exact) mass is 474 g/mol. The van der Waals surface area contributed by atoms with Crippen molar-refractivity contribution < 1.29 is 19.5 Å². The number of amides is 2. The molecule has 2 atom stereocenters. The van der Waals surface area contributed by atoms with Gasteiger partial charge in [-0.25, -0.2) is 14.8 Å². The molecule has 176 valence electrons. The lowest BCUT2D eigenvalue weighted by Gasteiger charge is -2.37. The van der Waals surface area contributed by atoms with Crippen molar-refractivity contribution in [3.8, 4) is 0 Å². The molecule has 2 saturated heterocycles. The van der Waals surface area contributed by atoms with E-state index >= 15 is 0 Å². The predicted octanol–water partition coefficient (Wildman–Crippen LogP) is 1.99. The minimum atomic E-state index is -0.757. The molecule has 2 N–H and O–H groups in total. The second-order valence-corrected chi connectivity index (χ2v) is 8.72. The second-order valence-electron chi connectivity index (χ2n) is 8.28. The Morgan fingerprint density at radius 1 is 1.09 bits per heavy atom. The van der Waals surface area contributed by atoms with Crippen molar-refractivity contribution in [3.63, 3.8) is 0 Å². The Labute approximate surface area is 197 Å². The van der Waals surface area contributed by atoms with Gasteiger partial charge in [-0.05, 0) is 44.2 Å². The number of anilines is 2. The second kappa shape index (κ2) is 9.90. The number of carbonyl (C=O) groups excluding carboxylic acids is 2. The van der Waals surface area contributed by atoms with Gasteiger partial charge < -0.3 is 19.7 Å². The fourth-order valence-electron chi connectivity index (χ4n) is 4.08. The number of hydrogen-bond donors (Lipinski definition) is 2. The summed E-state index contributed by atoms with van der Waals surface area (Å²) in [5.74, 6) is 0.492. The fraction of sp³-hybridized carbons (Fsp3) is 0.455. The Morgan fingerprint density at radius 2 is 1.73 bits per heavy atom. The molecule has 33 heavy (non-hydrogen) atoms. The van der Waals surface area contributed by atoms with Gasteiger partial charge in [-0.15, -0.1) is 5.06 Å². The number of benzene rings is 1. The van der Waals surface area contributed by atoms with E-state index in [0.717, 1.165) is 11.4 Å². The highest BCUT2D eigenvalue weighted by molar-refractivity contribution is 6.30. The van der Waals surface area contributed by atoms with Crippen molar-refractivity contribution in [3.05, 3.63) is 46.7 Å². The summed E-state index contributed by atoms with van der Waals surface area (Å²) in [4.78, 5) is 43.7. The Bertz CT molecular complexity index is 992. The molecule has 1 aromatic heterocycles. The van der Waals surface area contributed by atoms with E-state index in [2.05, 4.69) is 20.2 Å². The van der Waals surface area contributed by atoms with Crippen LogP contribution in [0, 0.1) is 13.8 Å². The summed E-state index contributed by atoms with van der Waals surface area (Å²) < 4.78 is 0. The van der Waals surface area contributed by atoms with Gasteiger partial charge in [0.05, 0.1) is 12.6 Å². The van der Waals surface area contributed by atoms with E-state index in [4.69, 9.17) is 16.4 Å². The van der Waals surface area contributed by atoms with Gasteiger partial charge >= 0.3 is 6.09 Å². The number of nitrogens with one attached hydrogen (secondary N) is 1. The average Bonchev–Trinajstić information content (AvgIpc) is 3.14. The first-order valence-electron chi connectivity index (χ1n) is 10.8. The number of aryl methyl sites for hydroxylation is 2. The highest BCUT2D eigenvalue weighted by Gasteiger charge is 2.41. The van der Waals surface area contributed by atoms with Gasteiger partial charge in [0.25, 0.3) is 0 Å². The third kappa shape index (κ3) is 5.70. The molecule has 2 aliphatic rings. The number of piperazine rings is 1. The molecule has 0 aliphatic carbocycles. The van der Waals surface area contributed by atoms with Crippen LogP contribution in [0.1, 0.15) is 17.8 Å². The lowest BCUT2D eigenvalue weighted by molar-refractivity contribution is -0.155. The number of halogens is 1. The molecular weight excluding hydrogens is 448 g/mol. The van der Waals surface area contributed by atoms with Crippen LogP contribution in [-0.2, 0) is 9.63 Å². The van der Waals surface area contributed by atoms with Crippen LogP contribution in [0.2, 0.25) is 5.02 Å². The lowest BCUT2D eigenvalue weighted by atomic mass is 10.1. The summed E-state index contributed by atoms with van der Waals surface area (Å²) in [6.45, 7) is 6.12. The van der Waals surface area contributed by atoms with Gasteiger partial charge in [0.1, 0.15) is 6.04 Å². The number of nitrogens with zero attached hydrogens (tertiary/aromatic N) is 5. The van der Waals surface area contributed by atoms with Crippen molar-refractivity contribution in [2.24, 2.45) is 0 Å². The zero-order valence-corrected chi connectivity index (χ0v) is 19.3. The zero-order valence-electron chi connectivity index (χ0n) is 18.6. The SMILES string of the molecule is Cc1cc(C)nc(N2CCN(C(=O)[C@H]3C[C@@H](O)CN3OC(=O)Nc3ccc(Cl)cc3)CC2)n1. The Hall–Kier alpha value is -2.95. The quantitative estimate of drug-likeness (QED) is 0.692. The van der Waals surface area contributed by atoms with E-state index in [1.807, 2.05) is 19.9 Å². The molecule has 10 nitrogen and oxygen atoms in total. The van der Waals surface area contributed by atoms with Crippen LogP contribution in [0.15, 0.2) is 30.3 Å². The van der Waals surface area contributed by atoms with Crippen molar-refractivity contribution in [1.82, 2.24) is 19.9 Å². The predicted molar refractivity (Wildman–Crippen MR) is 123 cm³/mol. The number of aromatic nitrogens is 2. The molecule has 0 bridgehead atoms. The summed E-state index contributed by atoms with van der Waals surface area (Å²) in [5, 5.41) is 14.5. The first-order chi connectivity index (χ1) is 15.8. The van der Waals surface area contributed by atoms with Crippen LogP contribution in [-0.4, -0.2) is 81.9 Å². The number of aliphatic hydroxyl groups is 1. The fourth-order valence-corrected chi connectivity index (χ4v) is 4.20. The normalized spacial score (nSPS) is 21.2. The number of hydrogen-bond acceptors (Lipinski definition) is 8. The maximum absolute atomic E-state index is 13.2. The average molecular weight is 475 g/mol. The lowest BCUT2D eigenvalue weighted by Crippen LogP contribution is -2.54. The van der Waals surface area contributed by atoms with E-state index in [9.17, 15) is 14.7 Å². The molecule has 2 fully saturated rings. The summed E-state index contributed by atoms with van der Waals surface area (Å²) in [6, 6.07) is 7.76. The molecule has 3 heterocycles. The Balaban J connectivity index is 1.34. The van der Waals surface area contributed by atoms with Crippen LogP contribution in [0.5, 0.6) is 0 Å². The Morgan fingerprint density at radius 3 is 2.36 bits per heavy atom. The van der Waals surface area contributed by atoms with Crippen LogP contribution >= 0.6 is 11.6 Å². The minimum absolute atomic E-state index is 0.0703. The third-order valence-electron chi connectivity index (χ3n) is 5.65. The van der Waals surface area contributed by atoms with Crippen LogP contribution in [0.4, 0.5) is 16.4 Å². The third-order valence-corrected chi connectivity index (χ3v) is 5.91. The smallest absolute Gasteiger partial charge is 0.392 e. The molecule has 2 aromatic rings. The summed E-state index contributed by atoms with van der Waals surface area (Å²) in [5.41, 5.74) is 2.32. The van der Waals surface area contributed by atoms with Gasteiger partial charge in [-0.2, -0.15) is 0 Å². The van der Waals surface area contributed by atoms with Gasteiger partial charge in [0.2, 0.25) is 11.9 Å². The van der Waals surface area contributed by atoms with Gasteiger partial charge in [-0.3, -0.25) is 10.1 Å². The van der Waals surface area contributed by atoms with Crippen LogP contribution in [0.3, 0.4) is 0 Å². The van der Waals surface area contributed by atoms with Crippen LogP contribution < -0.4 is 10.2 Å². The van der Waals surface area contributed by atoms with Gasteiger partial charge in [0, 0.05) is 54.7 Å². The molecule has 0 unspecified atom stereocenters. The first-order valence-corrected chi connectivity index (χ1v) is 11.2. The van der Waals surface area contributed by atoms with Crippen LogP contribution in [0.25, 0.3) is 0 Å². The molecule has 0 spiro atoms. The zero-order chi connectivity index (χ0) is 23.5. The maximum atomic E-state index is 13.2.